The number of imidazole rings is 1. The summed E-state index contributed by atoms with van der Waals surface area (Å²) in [6.45, 7) is 0. The molecule has 1 N–H and O–H groups in total. The van der Waals surface area contributed by atoms with Crippen molar-refractivity contribution in [2.45, 2.75) is 38.0 Å². The topological polar surface area (TPSA) is 59.5 Å². The molecule has 25 heavy (non-hydrogen) atoms. The molecule has 5 nitrogen and oxygen atoms in total. The van der Waals surface area contributed by atoms with Crippen molar-refractivity contribution in [3.8, 4) is 11.3 Å². The van der Waals surface area contributed by atoms with Gasteiger partial charge in [0.2, 0.25) is 0 Å². The lowest BCUT2D eigenvalue weighted by atomic mass is 9.85. The van der Waals surface area contributed by atoms with Crippen LogP contribution in [-0.2, 0) is 7.05 Å². The molecule has 3 aromatic rings. The van der Waals surface area contributed by atoms with Crippen molar-refractivity contribution in [1.29, 1.82) is 0 Å². The van der Waals surface area contributed by atoms with Crippen LogP contribution >= 0.6 is 0 Å². The van der Waals surface area contributed by atoms with Gasteiger partial charge in [-0.15, -0.1) is 0 Å². The number of carboxylic acids is 1. The fourth-order valence-electron chi connectivity index (χ4n) is 4.06. The second-order valence-corrected chi connectivity index (χ2v) is 6.73. The molecule has 130 valence electrons. The number of hydrogen-bond acceptors (Lipinski definition) is 2. The van der Waals surface area contributed by atoms with Crippen molar-refractivity contribution in [1.82, 2.24) is 14.2 Å². The van der Waals surface area contributed by atoms with Gasteiger partial charge in [-0.25, -0.2) is 13.7 Å². The first-order chi connectivity index (χ1) is 12.1. The zero-order valence-corrected chi connectivity index (χ0v) is 14.1. The van der Waals surface area contributed by atoms with E-state index >= 15 is 0 Å². The zero-order chi connectivity index (χ0) is 17.6. The molecule has 1 aromatic carbocycles. The van der Waals surface area contributed by atoms with Crippen molar-refractivity contribution in [3.63, 3.8) is 0 Å². The van der Waals surface area contributed by atoms with Gasteiger partial charge in [-0.1, -0.05) is 19.3 Å². The molecule has 1 fully saturated rings. The van der Waals surface area contributed by atoms with Gasteiger partial charge in [0, 0.05) is 18.5 Å². The molecule has 1 saturated carbocycles. The van der Waals surface area contributed by atoms with Crippen molar-refractivity contribution < 1.29 is 14.3 Å². The fraction of sp³-hybridized carbons (Fsp3) is 0.368. The summed E-state index contributed by atoms with van der Waals surface area (Å²) in [5, 5.41) is 13.9. The summed E-state index contributed by atoms with van der Waals surface area (Å²) >= 11 is 0. The lowest BCUT2D eigenvalue weighted by Gasteiger charge is -2.22. The van der Waals surface area contributed by atoms with Gasteiger partial charge in [0.15, 0.2) is 5.65 Å². The molecule has 1 aliphatic carbocycles. The SMILES string of the molecule is Cn1c(-c2ccc(F)cc2)c(C2CCCCC2)n2ncc(C(=O)O)c12. The molecule has 0 amide bonds. The van der Waals surface area contributed by atoms with Gasteiger partial charge in [-0.05, 0) is 37.1 Å². The Bertz CT molecular complexity index is 934. The maximum Gasteiger partial charge on any atom is 0.341 e. The molecule has 0 spiro atoms. The van der Waals surface area contributed by atoms with Gasteiger partial charge in [0.05, 0.1) is 17.6 Å². The Morgan fingerprint density at radius 1 is 1.20 bits per heavy atom. The van der Waals surface area contributed by atoms with Gasteiger partial charge >= 0.3 is 5.97 Å². The van der Waals surface area contributed by atoms with E-state index in [4.69, 9.17) is 0 Å². The highest BCUT2D eigenvalue weighted by Gasteiger charge is 2.29. The van der Waals surface area contributed by atoms with Gasteiger partial charge in [0.25, 0.3) is 0 Å². The normalized spacial score (nSPS) is 15.8. The number of benzene rings is 1. The van der Waals surface area contributed by atoms with Gasteiger partial charge < -0.3 is 9.67 Å². The fourth-order valence-corrected chi connectivity index (χ4v) is 4.06. The Kier molecular flexibility index (Phi) is 3.82. The molecule has 0 saturated heterocycles. The second kappa shape index (κ2) is 6.02. The van der Waals surface area contributed by atoms with Crippen LogP contribution in [0.25, 0.3) is 16.9 Å². The minimum Gasteiger partial charge on any atom is -0.477 e. The largest absolute Gasteiger partial charge is 0.477 e. The van der Waals surface area contributed by atoms with Crippen LogP contribution in [0.5, 0.6) is 0 Å². The number of aryl methyl sites for hydroxylation is 1. The predicted octanol–water partition coefficient (Wildman–Crippen LogP) is 4.22. The quantitative estimate of drug-likeness (QED) is 0.776. The third-order valence-electron chi connectivity index (χ3n) is 5.21. The summed E-state index contributed by atoms with van der Waals surface area (Å²) in [6, 6.07) is 6.37. The number of nitrogens with zero attached hydrogens (tertiary/aromatic N) is 3. The highest BCUT2D eigenvalue weighted by atomic mass is 19.1. The minimum absolute atomic E-state index is 0.188. The standard InChI is InChI=1S/C19H20FN3O2/c1-22-16(13-7-9-14(20)10-8-13)17(12-5-3-2-4-6-12)23-18(22)15(11-21-23)19(24)25/h7-12H,2-6H2,1H3,(H,24,25). The summed E-state index contributed by atoms with van der Waals surface area (Å²) < 4.78 is 17.0. The summed E-state index contributed by atoms with van der Waals surface area (Å²) in [5.74, 6) is -0.941. The Labute approximate surface area is 144 Å². The molecule has 4 rings (SSSR count). The van der Waals surface area contributed by atoms with E-state index in [1.165, 1.54) is 24.8 Å². The third kappa shape index (κ3) is 2.52. The molecular formula is C19H20FN3O2. The number of hydrogen-bond donors (Lipinski definition) is 1. The van der Waals surface area contributed by atoms with Gasteiger partial charge in [-0.2, -0.15) is 5.10 Å². The monoisotopic (exact) mass is 341 g/mol. The first kappa shape index (κ1) is 15.9. The first-order valence-corrected chi connectivity index (χ1v) is 8.63. The number of aromatic nitrogens is 3. The average Bonchev–Trinajstić information content (AvgIpc) is 3.16. The Morgan fingerprint density at radius 2 is 1.88 bits per heavy atom. The minimum atomic E-state index is -0.989. The summed E-state index contributed by atoms with van der Waals surface area (Å²) in [6.07, 6.45) is 7.11. The number of aromatic carboxylic acids is 1. The lowest BCUT2D eigenvalue weighted by molar-refractivity contribution is 0.0698. The van der Waals surface area contributed by atoms with Crippen LogP contribution in [0, 0.1) is 5.82 Å². The van der Waals surface area contributed by atoms with Crippen LogP contribution in [0.1, 0.15) is 54.1 Å². The maximum absolute atomic E-state index is 13.4. The van der Waals surface area contributed by atoms with Gasteiger partial charge in [-0.3, -0.25) is 0 Å². The molecule has 0 bridgehead atoms. The van der Waals surface area contributed by atoms with Crippen molar-refractivity contribution in [2.75, 3.05) is 0 Å². The van der Waals surface area contributed by atoms with Crippen molar-refractivity contribution >= 4 is 11.6 Å². The van der Waals surface area contributed by atoms with E-state index in [1.54, 1.807) is 16.6 Å². The predicted molar refractivity (Wildman–Crippen MR) is 92.3 cm³/mol. The van der Waals surface area contributed by atoms with E-state index < -0.39 is 5.97 Å². The number of carbonyl (C=O) groups is 1. The number of rotatable bonds is 3. The molecule has 0 unspecified atom stereocenters. The molecule has 1 aliphatic rings. The van der Waals surface area contributed by atoms with Crippen LogP contribution in [0.15, 0.2) is 30.5 Å². The molecular weight excluding hydrogens is 321 g/mol. The van der Waals surface area contributed by atoms with Crippen LogP contribution < -0.4 is 0 Å². The maximum atomic E-state index is 13.4. The van der Waals surface area contributed by atoms with Crippen molar-refractivity contribution in [2.24, 2.45) is 7.05 Å². The van der Waals surface area contributed by atoms with Crippen LogP contribution in [-0.4, -0.2) is 25.3 Å². The summed E-state index contributed by atoms with van der Waals surface area (Å²) in [7, 11) is 1.86. The van der Waals surface area contributed by atoms with Crippen LogP contribution in [0.3, 0.4) is 0 Å². The third-order valence-corrected chi connectivity index (χ3v) is 5.21. The Hall–Kier alpha value is -2.63. The zero-order valence-electron chi connectivity index (χ0n) is 14.1. The summed E-state index contributed by atoms with van der Waals surface area (Å²) in [5.41, 5.74) is 3.61. The molecule has 0 aliphatic heterocycles. The molecule has 0 radical (unpaired) electrons. The van der Waals surface area contributed by atoms with E-state index in [0.717, 1.165) is 42.6 Å². The molecule has 2 aromatic heterocycles. The smallest absolute Gasteiger partial charge is 0.341 e. The molecule has 6 heteroatoms. The first-order valence-electron chi connectivity index (χ1n) is 8.63. The van der Waals surface area contributed by atoms with Gasteiger partial charge in [0.1, 0.15) is 11.4 Å². The Morgan fingerprint density at radius 3 is 2.52 bits per heavy atom. The number of carboxylic acid groups (broad SMARTS) is 1. The van der Waals surface area contributed by atoms with E-state index in [0.29, 0.717) is 11.6 Å². The van der Waals surface area contributed by atoms with E-state index in [-0.39, 0.29) is 11.4 Å². The number of halogens is 1. The number of fused-ring (bicyclic) bond motifs is 1. The lowest BCUT2D eigenvalue weighted by Crippen LogP contribution is -2.09. The van der Waals surface area contributed by atoms with Crippen LogP contribution in [0.4, 0.5) is 4.39 Å². The second-order valence-electron chi connectivity index (χ2n) is 6.73. The van der Waals surface area contributed by atoms with Crippen molar-refractivity contribution in [3.05, 3.63) is 47.5 Å². The van der Waals surface area contributed by atoms with Crippen LogP contribution in [0.2, 0.25) is 0 Å². The highest BCUT2D eigenvalue weighted by Crippen LogP contribution is 2.40. The summed E-state index contributed by atoms with van der Waals surface area (Å²) in [4.78, 5) is 11.6. The molecule has 0 atom stereocenters. The Balaban J connectivity index is 2.00. The van der Waals surface area contributed by atoms with E-state index in [9.17, 15) is 14.3 Å². The molecule has 2 heterocycles. The highest BCUT2D eigenvalue weighted by molar-refractivity contribution is 5.95. The van der Waals surface area contributed by atoms with E-state index in [1.807, 2.05) is 11.6 Å². The average molecular weight is 341 g/mol. The van der Waals surface area contributed by atoms with E-state index in [2.05, 4.69) is 5.10 Å².